The highest BCUT2D eigenvalue weighted by Crippen LogP contribution is 2.29. The number of carbonyl (C=O) groups is 2. The fourth-order valence-corrected chi connectivity index (χ4v) is 2.61. The molecule has 8 heteroatoms. The number of halogens is 4. The molecular weight excluding hydrogens is 378 g/mol. The number of benzene rings is 2. The Kier molecular flexibility index (Phi) is 6.77. The van der Waals surface area contributed by atoms with E-state index in [1.807, 2.05) is 0 Å². The zero-order chi connectivity index (χ0) is 20.9. The molecule has 2 aromatic rings. The first-order chi connectivity index (χ1) is 13.1. The van der Waals surface area contributed by atoms with Crippen molar-refractivity contribution in [2.75, 3.05) is 7.05 Å². The monoisotopic (exact) mass is 397 g/mol. The molecule has 0 bridgehead atoms. The van der Waals surface area contributed by atoms with Crippen LogP contribution in [0.3, 0.4) is 0 Å². The first-order valence-corrected chi connectivity index (χ1v) is 8.41. The summed E-state index contributed by atoms with van der Waals surface area (Å²) in [6.45, 7) is 1.49. The smallest absolute Gasteiger partial charge is 0.416 e. The number of esters is 1. The number of ether oxygens (including phenoxy) is 1. The van der Waals surface area contributed by atoms with Crippen molar-refractivity contribution in [3.8, 4) is 0 Å². The van der Waals surface area contributed by atoms with Gasteiger partial charge in [0.05, 0.1) is 12.0 Å². The number of nitrogens with zero attached hydrogens (tertiary/aromatic N) is 1. The van der Waals surface area contributed by atoms with E-state index in [1.54, 1.807) is 6.07 Å². The summed E-state index contributed by atoms with van der Waals surface area (Å²) in [7, 11) is 1.48. The van der Waals surface area contributed by atoms with Crippen LogP contribution in [0.4, 0.5) is 17.6 Å². The zero-order valence-corrected chi connectivity index (χ0v) is 15.3. The largest absolute Gasteiger partial charge is 0.452 e. The van der Waals surface area contributed by atoms with Crippen LogP contribution in [0.2, 0.25) is 0 Å². The van der Waals surface area contributed by atoms with E-state index in [-0.39, 0.29) is 12.1 Å². The molecule has 1 unspecified atom stereocenters. The molecule has 0 heterocycles. The standard InChI is InChI=1S/C20H19F4NO3/c1-13(19(27)25(2)12-15-6-4-8-17(21)10-15)28-18(26)11-14-5-3-7-16(9-14)20(22,23)24/h3-10,13H,11-12H2,1-2H3. The molecule has 0 spiro atoms. The molecule has 0 aliphatic carbocycles. The third-order valence-corrected chi connectivity index (χ3v) is 3.94. The lowest BCUT2D eigenvalue weighted by atomic mass is 10.1. The van der Waals surface area contributed by atoms with Crippen LogP contribution < -0.4 is 0 Å². The Morgan fingerprint density at radius 3 is 2.36 bits per heavy atom. The highest BCUT2D eigenvalue weighted by atomic mass is 19.4. The number of rotatable bonds is 6. The van der Waals surface area contributed by atoms with Gasteiger partial charge in [-0.3, -0.25) is 9.59 Å². The minimum atomic E-state index is -4.51. The summed E-state index contributed by atoms with van der Waals surface area (Å²) >= 11 is 0. The summed E-state index contributed by atoms with van der Waals surface area (Å²) in [6.07, 6.45) is -6.03. The highest BCUT2D eigenvalue weighted by molar-refractivity contribution is 5.83. The van der Waals surface area contributed by atoms with E-state index in [2.05, 4.69) is 0 Å². The highest BCUT2D eigenvalue weighted by Gasteiger charge is 2.30. The van der Waals surface area contributed by atoms with Crippen LogP contribution >= 0.6 is 0 Å². The molecule has 0 radical (unpaired) electrons. The summed E-state index contributed by atoms with van der Waals surface area (Å²) in [5.74, 6) is -1.76. The maximum Gasteiger partial charge on any atom is 0.416 e. The SMILES string of the molecule is CC(OC(=O)Cc1cccc(C(F)(F)F)c1)C(=O)N(C)Cc1cccc(F)c1. The van der Waals surface area contributed by atoms with Crippen molar-refractivity contribution >= 4 is 11.9 Å². The molecule has 0 aromatic heterocycles. The van der Waals surface area contributed by atoms with Crippen LogP contribution in [0.15, 0.2) is 48.5 Å². The normalized spacial score (nSPS) is 12.4. The van der Waals surface area contributed by atoms with Crippen LogP contribution in [0, 0.1) is 5.82 Å². The molecule has 1 amide bonds. The third-order valence-electron chi connectivity index (χ3n) is 3.94. The van der Waals surface area contributed by atoms with Gasteiger partial charge < -0.3 is 9.64 Å². The zero-order valence-electron chi connectivity index (χ0n) is 15.3. The van der Waals surface area contributed by atoms with Crippen LogP contribution in [-0.2, 0) is 33.5 Å². The molecule has 0 N–H and O–H groups in total. The summed E-state index contributed by atoms with van der Waals surface area (Å²) in [4.78, 5) is 25.6. The van der Waals surface area contributed by atoms with Crippen molar-refractivity contribution in [3.05, 3.63) is 71.0 Å². The van der Waals surface area contributed by atoms with Crippen molar-refractivity contribution < 1.29 is 31.9 Å². The van der Waals surface area contributed by atoms with Crippen molar-refractivity contribution in [1.29, 1.82) is 0 Å². The summed E-state index contributed by atoms with van der Waals surface area (Å²) in [5, 5.41) is 0. The third kappa shape index (κ3) is 6.07. The Bertz CT molecular complexity index is 851. The second kappa shape index (κ2) is 8.86. The number of likely N-dealkylation sites (N-methyl/N-ethyl adjacent to an activating group) is 1. The molecule has 2 aromatic carbocycles. The molecule has 0 saturated carbocycles. The molecular formula is C20H19F4NO3. The second-order valence-corrected chi connectivity index (χ2v) is 6.33. The average Bonchev–Trinajstić information content (AvgIpc) is 2.60. The van der Waals surface area contributed by atoms with Crippen LogP contribution in [-0.4, -0.2) is 29.9 Å². The molecule has 1 atom stereocenters. The number of hydrogen-bond donors (Lipinski definition) is 0. The van der Waals surface area contributed by atoms with Gasteiger partial charge in [-0.1, -0.05) is 30.3 Å². The Morgan fingerprint density at radius 2 is 1.71 bits per heavy atom. The lowest BCUT2D eigenvalue weighted by Gasteiger charge is -2.21. The van der Waals surface area contributed by atoms with Gasteiger partial charge >= 0.3 is 12.1 Å². The fraction of sp³-hybridized carbons (Fsp3) is 0.300. The van der Waals surface area contributed by atoms with Gasteiger partial charge in [-0.2, -0.15) is 13.2 Å². The minimum Gasteiger partial charge on any atom is -0.452 e. The van der Waals surface area contributed by atoms with Gasteiger partial charge in [0.2, 0.25) is 0 Å². The van der Waals surface area contributed by atoms with Crippen LogP contribution in [0.5, 0.6) is 0 Å². The molecule has 0 saturated heterocycles. The lowest BCUT2D eigenvalue weighted by molar-refractivity contribution is -0.158. The summed E-state index contributed by atoms with van der Waals surface area (Å²) in [5.41, 5.74) is -0.164. The molecule has 0 fully saturated rings. The predicted molar refractivity (Wildman–Crippen MR) is 93.6 cm³/mol. The van der Waals surface area contributed by atoms with Crippen molar-refractivity contribution in [3.63, 3.8) is 0 Å². The van der Waals surface area contributed by atoms with E-state index in [9.17, 15) is 27.2 Å². The number of carbonyl (C=O) groups excluding carboxylic acids is 2. The first-order valence-electron chi connectivity index (χ1n) is 8.41. The minimum absolute atomic E-state index is 0.117. The van der Waals surface area contributed by atoms with Crippen molar-refractivity contribution in [2.45, 2.75) is 32.2 Å². The fourth-order valence-electron chi connectivity index (χ4n) is 2.61. The van der Waals surface area contributed by atoms with Gasteiger partial charge in [-0.25, -0.2) is 4.39 Å². The maximum atomic E-state index is 13.2. The molecule has 150 valence electrons. The number of alkyl halides is 3. The van der Waals surface area contributed by atoms with E-state index in [4.69, 9.17) is 4.74 Å². The maximum absolute atomic E-state index is 13.2. The van der Waals surface area contributed by atoms with Gasteiger partial charge in [0, 0.05) is 13.6 Å². The molecule has 0 aliphatic rings. The second-order valence-electron chi connectivity index (χ2n) is 6.33. The van der Waals surface area contributed by atoms with Crippen molar-refractivity contribution in [1.82, 2.24) is 4.90 Å². The Morgan fingerprint density at radius 1 is 1.07 bits per heavy atom. The molecule has 0 aliphatic heterocycles. The quantitative estimate of drug-likeness (QED) is 0.547. The molecule has 2 rings (SSSR count). The Balaban J connectivity index is 1.93. The lowest BCUT2D eigenvalue weighted by Crippen LogP contribution is -2.37. The summed E-state index contributed by atoms with van der Waals surface area (Å²) < 4.78 is 56.4. The number of amides is 1. The first kappa shape index (κ1) is 21.4. The van der Waals surface area contributed by atoms with E-state index >= 15 is 0 Å². The Labute approximate surface area is 159 Å². The van der Waals surface area contributed by atoms with Crippen molar-refractivity contribution in [2.24, 2.45) is 0 Å². The van der Waals surface area contributed by atoms with E-state index in [1.165, 1.54) is 49.2 Å². The van der Waals surface area contributed by atoms with E-state index < -0.39 is 42.0 Å². The van der Waals surface area contributed by atoms with Gasteiger partial charge in [-0.05, 0) is 36.2 Å². The van der Waals surface area contributed by atoms with Crippen LogP contribution in [0.25, 0.3) is 0 Å². The molecule has 28 heavy (non-hydrogen) atoms. The van der Waals surface area contributed by atoms with Gasteiger partial charge in [0.15, 0.2) is 6.10 Å². The summed E-state index contributed by atoms with van der Waals surface area (Å²) in [6, 6.07) is 10.1. The molecule has 4 nitrogen and oxygen atoms in total. The topological polar surface area (TPSA) is 46.6 Å². The Hall–Kier alpha value is -2.90. The van der Waals surface area contributed by atoms with E-state index in [0.29, 0.717) is 5.56 Å². The number of hydrogen-bond acceptors (Lipinski definition) is 3. The average molecular weight is 397 g/mol. The van der Waals surface area contributed by atoms with Gasteiger partial charge in [0.25, 0.3) is 5.91 Å². The van der Waals surface area contributed by atoms with Gasteiger partial charge in [0.1, 0.15) is 5.82 Å². The van der Waals surface area contributed by atoms with Crippen LogP contribution in [0.1, 0.15) is 23.6 Å². The van der Waals surface area contributed by atoms with Gasteiger partial charge in [-0.15, -0.1) is 0 Å². The van der Waals surface area contributed by atoms with E-state index in [0.717, 1.165) is 12.1 Å². The predicted octanol–water partition coefficient (Wildman–Crippen LogP) is 3.98.